The van der Waals surface area contributed by atoms with Gasteiger partial charge >= 0.3 is 0 Å². The van der Waals surface area contributed by atoms with Crippen LogP contribution in [0.5, 0.6) is 17.2 Å². The first kappa shape index (κ1) is 18.8. The highest BCUT2D eigenvalue weighted by Crippen LogP contribution is 2.45. The second-order valence-corrected chi connectivity index (χ2v) is 6.22. The van der Waals surface area contributed by atoms with Crippen LogP contribution in [0, 0.1) is 0 Å². The van der Waals surface area contributed by atoms with Crippen LogP contribution >= 0.6 is 0 Å². The van der Waals surface area contributed by atoms with E-state index in [0.717, 1.165) is 5.57 Å². The van der Waals surface area contributed by atoms with Crippen molar-refractivity contribution in [3.05, 3.63) is 47.8 Å². The lowest BCUT2D eigenvalue weighted by Gasteiger charge is -2.44. The van der Waals surface area contributed by atoms with Crippen molar-refractivity contribution in [2.45, 2.75) is 18.6 Å². The predicted octanol–water partition coefficient (Wildman–Crippen LogP) is 2.21. The predicted molar refractivity (Wildman–Crippen MR) is 100 cm³/mol. The Bertz CT molecular complexity index is 816. The van der Waals surface area contributed by atoms with Crippen LogP contribution in [-0.4, -0.2) is 51.6 Å². The molecule has 0 bridgehead atoms. The van der Waals surface area contributed by atoms with E-state index in [9.17, 15) is 9.90 Å². The number of methoxy groups -OCH3 is 4. The Morgan fingerprint density at radius 3 is 2.15 bits per heavy atom. The topological polar surface area (TPSA) is 77.5 Å². The number of anilines is 1. The Balaban J connectivity index is 2.01. The highest BCUT2D eigenvalue weighted by Gasteiger charge is 2.45. The third kappa shape index (κ3) is 3.04. The molecule has 0 spiro atoms. The average Bonchev–Trinajstić information content (AvgIpc) is 2.69. The summed E-state index contributed by atoms with van der Waals surface area (Å²) in [6, 6.07) is 3.09. The molecule has 0 radical (unpaired) electrons. The number of ether oxygens (including phenoxy) is 4. The van der Waals surface area contributed by atoms with Crippen LogP contribution in [0.15, 0.2) is 47.8 Å². The summed E-state index contributed by atoms with van der Waals surface area (Å²) < 4.78 is 21.2. The van der Waals surface area contributed by atoms with Gasteiger partial charge in [-0.1, -0.05) is 12.7 Å². The van der Waals surface area contributed by atoms with E-state index in [4.69, 9.17) is 18.9 Å². The fourth-order valence-corrected chi connectivity index (χ4v) is 3.44. The highest BCUT2D eigenvalue weighted by atomic mass is 16.5. The maximum absolute atomic E-state index is 12.6. The van der Waals surface area contributed by atoms with Crippen molar-refractivity contribution in [2.24, 2.45) is 0 Å². The lowest BCUT2D eigenvalue weighted by atomic mass is 9.83. The van der Waals surface area contributed by atoms with Crippen LogP contribution in [0.25, 0.3) is 0 Å². The van der Waals surface area contributed by atoms with Gasteiger partial charge in [0.25, 0.3) is 5.91 Å². The minimum atomic E-state index is -0.750. The minimum Gasteiger partial charge on any atom is -0.498 e. The molecular formula is C20H23NO6. The van der Waals surface area contributed by atoms with Gasteiger partial charge in [0, 0.05) is 24.1 Å². The molecule has 1 heterocycles. The van der Waals surface area contributed by atoms with E-state index in [2.05, 4.69) is 6.58 Å². The van der Waals surface area contributed by atoms with Crippen molar-refractivity contribution in [1.29, 1.82) is 0 Å². The molecule has 1 amide bonds. The Hall–Kier alpha value is -2.93. The second kappa shape index (κ2) is 7.36. The van der Waals surface area contributed by atoms with Crippen molar-refractivity contribution in [3.8, 4) is 17.2 Å². The van der Waals surface area contributed by atoms with Crippen LogP contribution in [-0.2, 0) is 9.53 Å². The number of aliphatic hydroxyl groups is 1. The molecule has 2 aliphatic rings. The van der Waals surface area contributed by atoms with Crippen LogP contribution < -0.4 is 19.1 Å². The molecule has 1 saturated heterocycles. The molecule has 1 aromatic carbocycles. The second-order valence-electron chi connectivity index (χ2n) is 6.22. The summed E-state index contributed by atoms with van der Waals surface area (Å²) in [5, 5.41) is 10.2. The third-order valence-corrected chi connectivity index (χ3v) is 4.82. The van der Waals surface area contributed by atoms with Gasteiger partial charge in [0.15, 0.2) is 11.5 Å². The largest absolute Gasteiger partial charge is 0.498 e. The summed E-state index contributed by atoms with van der Waals surface area (Å²) in [6.45, 7) is 3.90. The molecule has 0 aromatic heterocycles. The normalized spacial score (nSPS) is 21.9. The number of benzene rings is 1. The molecule has 1 aliphatic heterocycles. The number of carbonyl (C=O) groups is 1. The van der Waals surface area contributed by atoms with Gasteiger partial charge in [-0.2, -0.15) is 0 Å². The number of aliphatic hydroxyl groups excluding tert-OH is 1. The summed E-state index contributed by atoms with van der Waals surface area (Å²) in [5.41, 5.74) is 1.95. The molecule has 3 rings (SSSR count). The number of hydrogen-bond donors (Lipinski definition) is 1. The summed E-state index contributed by atoms with van der Waals surface area (Å²) >= 11 is 0. The number of rotatable bonds is 6. The molecule has 0 saturated carbocycles. The maximum atomic E-state index is 12.6. The summed E-state index contributed by atoms with van der Waals surface area (Å²) in [6.07, 6.45) is 3.18. The average molecular weight is 373 g/mol. The number of hydrogen-bond acceptors (Lipinski definition) is 6. The Labute approximate surface area is 158 Å². The quantitative estimate of drug-likeness (QED) is 0.609. The van der Waals surface area contributed by atoms with Crippen molar-refractivity contribution < 1.29 is 28.8 Å². The van der Waals surface area contributed by atoms with Crippen molar-refractivity contribution >= 4 is 11.6 Å². The van der Waals surface area contributed by atoms with Gasteiger partial charge in [-0.25, -0.2) is 0 Å². The molecule has 1 N–H and O–H groups in total. The van der Waals surface area contributed by atoms with Gasteiger partial charge in [0.2, 0.25) is 5.75 Å². The Morgan fingerprint density at radius 1 is 1.04 bits per heavy atom. The molecule has 1 fully saturated rings. The molecule has 7 nitrogen and oxygen atoms in total. The smallest absolute Gasteiger partial charge is 0.256 e. The number of β-lactam (4-membered cyclic amide) rings is 1. The molecule has 2 atom stereocenters. The Morgan fingerprint density at radius 2 is 1.67 bits per heavy atom. The van der Waals surface area contributed by atoms with Crippen LogP contribution in [0.2, 0.25) is 0 Å². The number of allylic oxidation sites excluding steroid dienone is 2. The van der Waals surface area contributed by atoms with Crippen molar-refractivity contribution in [1.82, 2.24) is 0 Å². The van der Waals surface area contributed by atoms with E-state index in [1.165, 1.54) is 28.4 Å². The lowest BCUT2D eigenvalue weighted by molar-refractivity contribution is -0.118. The van der Waals surface area contributed by atoms with E-state index in [-0.39, 0.29) is 11.9 Å². The third-order valence-electron chi connectivity index (χ3n) is 4.82. The summed E-state index contributed by atoms with van der Waals surface area (Å²) in [5.74, 6) is 1.66. The van der Waals surface area contributed by atoms with Crippen LogP contribution in [0.1, 0.15) is 6.42 Å². The van der Waals surface area contributed by atoms with E-state index in [1.807, 2.05) is 6.08 Å². The number of carbonyl (C=O) groups excluding carboxylic acids is 1. The summed E-state index contributed by atoms with van der Waals surface area (Å²) in [7, 11) is 6.08. The first-order valence-electron chi connectivity index (χ1n) is 8.41. The molecule has 144 valence electrons. The molecular weight excluding hydrogens is 350 g/mol. The minimum absolute atomic E-state index is 0.189. The van der Waals surface area contributed by atoms with Gasteiger partial charge in [-0.3, -0.25) is 9.69 Å². The van der Waals surface area contributed by atoms with E-state index >= 15 is 0 Å². The lowest BCUT2D eigenvalue weighted by Crippen LogP contribution is -2.56. The zero-order chi connectivity index (χ0) is 19.7. The van der Waals surface area contributed by atoms with Gasteiger partial charge in [-0.15, -0.1) is 0 Å². The fourth-order valence-electron chi connectivity index (χ4n) is 3.44. The number of nitrogens with zero attached hydrogens (tertiary/aromatic N) is 1. The fraction of sp³-hybridized carbons (Fsp3) is 0.350. The number of amides is 1. The standard InChI is InChI=1S/C20H23NO6/c1-11-18(12-6-7-15(24-2)14(22)8-12)21(20(11)23)13-9-16(25-3)19(27-5)17(10-13)26-4/h6-7,9-10,14,18,22H,1,8H2,2-5H3/t14?,18-/m1/s1. The van der Waals surface area contributed by atoms with E-state index in [1.54, 1.807) is 23.1 Å². The first-order valence-corrected chi connectivity index (χ1v) is 8.41. The van der Waals surface area contributed by atoms with Gasteiger partial charge < -0.3 is 24.1 Å². The van der Waals surface area contributed by atoms with Gasteiger partial charge in [-0.05, 0) is 11.6 Å². The summed E-state index contributed by atoms with van der Waals surface area (Å²) in [4.78, 5) is 14.2. The van der Waals surface area contributed by atoms with Crippen molar-refractivity contribution in [2.75, 3.05) is 33.3 Å². The SMILES string of the molecule is C=C1C(=O)N(c2cc(OC)c(OC)c(OC)c2)[C@H]1C1=CC=C(OC)C(O)C1. The molecule has 27 heavy (non-hydrogen) atoms. The van der Waals surface area contributed by atoms with Crippen LogP contribution in [0.4, 0.5) is 5.69 Å². The highest BCUT2D eigenvalue weighted by molar-refractivity contribution is 6.16. The maximum Gasteiger partial charge on any atom is 0.256 e. The molecule has 7 heteroatoms. The van der Waals surface area contributed by atoms with Gasteiger partial charge in [0.05, 0.1) is 40.2 Å². The van der Waals surface area contributed by atoms with Crippen LogP contribution in [0.3, 0.4) is 0 Å². The van der Waals surface area contributed by atoms with Gasteiger partial charge in [0.1, 0.15) is 11.9 Å². The van der Waals surface area contributed by atoms with Crippen molar-refractivity contribution in [3.63, 3.8) is 0 Å². The van der Waals surface area contributed by atoms with E-state index < -0.39 is 6.10 Å². The molecule has 1 unspecified atom stereocenters. The Kier molecular flexibility index (Phi) is 5.14. The zero-order valence-corrected chi connectivity index (χ0v) is 15.8. The van der Waals surface area contributed by atoms with E-state index in [0.29, 0.717) is 40.7 Å². The monoisotopic (exact) mass is 373 g/mol. The molecule has 1 aromatic rings. The zero-order valence-electron chi connectivity index (χ0n) is 15.8. The molecule has 1 aliphatic carbocycles. The first-order chi connectivity index (χ1) is 13.0.